The first-order valence-electron chi connectivity index (χ1n) is 8.60. The molecule has 1 aliphatic heterocycles. The third-order valence-electron chi connectivity index (χ3n) is 4.33. The maximum absolute atomic E-state index is 13.8. The van der Waals surface area contributed by atoms with Crippen molar-refractivity contribution in [2.24, 2.45) is 0 Å². The minimum Gasteiger partial charge on any atom is -0.387 e. The van der Waals surface area contributed by atoms with Crippen LogP contribution in [0, 0.1) is 0 Å². The number of imidazole rings is 1. The molecular weight excluding hydrogens is 538 g/mol. The number of aliphatic hydroxyl groups excluding tert-OH is 1. The highest BCUT2D eigenvalue weighted by atomic mass is 31.3. The van der Waals surface area contributed by atoms with E-state index in [0.29, 0.717) is 0 Å². The lowest BCUT2D eigenvalue weighted by Crippen LogP contribution is -2.49. The molecule has 2 aromatic heterocycles. The summed E-state index contributed by atoms with van der Waals surface area (Å²) >= 11 is 0. The van der Waals surface area contributed by atoms with Gasteiger partial charge < -0.3 is 40.3 Å². The van der Waals surface area contributed by atoms with Crippen LogP contribution in [0.4, 0.5) is 10.3 Å². The van der Waals surface area contributed by atoms with Gasteiger partial charge in [-0.3, -0.25) is 18.9 Å². The molecule has 1 fully saturated rings. The topological polar surface area (TPSA) is 299 Å². The Labute approximate surface area is 186 Å². The molecule has 0 saturated carbocycles. The number of aliphatic hydroxyl groups is 2. The number of aromatic nitrogens is 4. The van der Waals surface area contributed by atoms with Gasteiger partial charge >= 0.3 is 23.5 Å². The summed E-state index contributed by atoms with van der Waals surface area (Å²) in [5, 5.41) is 21.0. The number of nitrogen functional groups attached to an aromatic ring is 1. The van der Waals surface area contributed by atoms with Crippen molar-refractivity contribution in [2.75, 3.05) is 19.0 Å². The van der Waals surface area contributed by atoms with Crippen molar-refractivity contribution in [1.29, 1.82) is 0 Å². The van der Waals surface area contributed by atoms with E-state index in [9.17, 15) is 38.0 Å². The number of nitrogens with two attached hydrogens (primary N) is 1. The second-order valence-electron chi connectivity index (χ2n) is 6.76. The summed E-state index contributed by atoms with van der Waals surface area (Å²) in [5.74, 6) is -0.370. The molecule has 192 valence electrons. The van der Waals surface area contributed by atoms with Crippen molar-refractivity contribution < 1.29 is 65.8 Å². The Hall–Kier alpha value is -1.63. The van der Waals surface area contributed by atoms with Gasteiger partial charge in [-0.25, -0.2) is 23.1 Å². The van der Waals surface area contributed by atoms with Gasteiger partial charge in [0, 0.05) is 0 Å². The van der Waals surface area contributed by atoms with Gasteiger partial charge in [0.25, 0.3) is 5.56 Å². The van der Waals surface area contributed by atoms with E-state index in [2.05, 4.69) is 28.1 Å². The molecule has 9 N–H and O–H groups in total. The number of nitrogens with one attached hydrogen (secondary N) is 1. The van der Waals surface area contributed by atoms with Crippen LogP contribution in [0.15, 0.2) is 11.1 Å². The van der Waals surface area contributed by atoms with Crippen molar-refractivity contribution in [2.45, 2.75) is 24.0 Å². The molecule has 0 aromatic carbocycles. The molecule has 23 heteroatoms. The maximum Gasteiger partial charge on any atom is 0.490 e. The maximum atomic E-state index is 13.8. The fourth-order valence-electron chi connectivity index (χ4n) is 2.99. The normalized spacial score (nSPS) is 29.2. The molecule has 0 bridgehead atoms. The highest BCUT2D eigenvalue weighted by Gasteiger charge is 2.57. The number of phosphoric ester groups is 1. The summed E-state index contributed by atoms with van der Waals surface area (Å²) in [6.07, 6.45) is -4.88. The third-order valence-corrected chi connectivity index (χ3v) is 8.13. The lowest BCUT2D eigenvalue weighted by Gasteiger charge is -2.28. The molecule has 34 heavy (non-hydrogen) atoms. The van der Waals surface area contributed by atoms with Crippen LogP contribution in [0.3, 0.4) is 0 Å². The van der Waals surface area contributed by atoms with E-state index in [4.69, 9.17) is 25.2 Å². The minimum absolute atomic E-state index is 0.279. The van der Waals surface area contributed by atoms with Gasteiger partial charge in [0.05, 0.1) is 12.9 Å². The summed E-state index contributed by atoms with van der Waals surface area (Å²) in [5.41, 5.74) is 1.37. The number of hydrogen-bond acceptors (Lipinski definition) is 13. The molecule has 3 heterocycles. The Balaban J connectivity index is 1.82. The van der Waals surface area contributed by atoms with E-state index >= 15 is 0 Å². The molecule has 2 unspecified atom stereocenters. The van der Waals surface area contributed by atoms with Gasteiger partial charge in [0.15, 0.2) is 23.0 Å². The Morgan fingerprint density at radius 3 is 2.47 bits per heavy atom. The molecular formula is C11H17FN5O14P3. The molecule has 1 saturated heterocycles. The van der Waals surface area contributed by atoms with Crippen LogP contribution in [0.1, 0.15) is 6.23 Å². The van der Waals surface area contributed by atoms with Crippen molar-refractivity contribution in [3.8, 4) is 0 Å². The molecule has 0 radical (unpaired) electrons. The van der Waals surface area contributed by atoms with Gasteiger partial charge in [0.2, 0.25) is 5.95 Å². The van der Waals surface area contributed by atoms with Gasteiger partial charge in [-0.1, -0.05) is 0 Å². The quantitative estimate of drug-likeness (QED) is 0.155. The molecule has 2 aromatic rings. The number of nitrogens with zero attached hydrogens (tertiary/aromatic N) is 3. The number of hydrogen-bond donors (Lipinski definition) is 8. The first-order chi connectivity index (χ1) is 15.5. The Kier molecular flexibility index (Phi) is 7.22. The Bertz CT molecular complexity index is 1280. The fourth-order valence-corrected chi connectivity index (χ4v) is 6.02. The number of halogens is 1. The van der Waals surface area contributed by atoms with Crippen LogP contribution in [0.25, 0.3) is 11.2 Å². The van der Waals surface area contributed by atoms with E-state index in [0.717, 1.165) is 10.9 Å². The third kappa shape index (κ3) is 5.60. The average molecular weight is 555 g/mol. The van der Waals surface area contributed by atoms with E-state index in [1.165, 1.54) is 0 Å². The first-order valence-corrected chi connectivity index (χ1v) is 13.1. The van der Waals surface area contributed by atoms with Crippen molar-refractivity contribution in [3.05, 3.63) is 16.7 Å². The summed E-state index contributed by atoms with van der Waals surface area (Å²) in [6, 6.07) is 0. The van der Waals surface area contributed by atoms with Gasteiger partial charge in [-0.2, -0.15) is 13.6 Å². The zero-order valence-electron chi connectivity index (χ0n) is 16.3. The van der Waals surface area contributed by atoms with Crippen LogP contribution in [-0.2, 0) is 31.6 Å². The predicted octanol–water partition coefficient (Wildman–Crippen LogP) is -2.00. The lowest BCUT2D eigenvalue weighted by atomic mass is 9.95. The van der Waals surface area contributed by atoms with Gasteiger partial charge in [-0.15, -0.1) is 0 Å². The summed E-state index contributed by atoms with van der Waals surface area (Å²) in [7, 11) is -17.0. The van der Waals surface area contributed by atoms with Crippen molar-refractivity contribution >= 4 is 40.6 Å². The number of rotatable bonds is 9. The van der Waals surface area contributed by atoms with Crippen LogP contribution in [0.2, 0.25) is 0 Å². The van der Waals surface area contributed by atoms with E-state index in [1.54, 1.807) is 0 Å². The average Bonchev–Trinajstić information content (AvgIpc) is 3.17. The van der Waals surface area contributed by atoms with E-state index in [1.807, 2.05) is 0 Å². The SMILES string of the molecule is Nc1nc2c(ncn2[C@@H]2O[C@H](COP(=O)(O)OP(=O)(O)OP(=O)(O)O)[C@@H](O)[C@@]2(O)CF)c(=O)[nH]1. The van der Waals surface area contributed by atoms with Crippen molar-refractivity contribution in [3.63, 3.8) is 0 Å². The monoisotopic (exact) mass is 555 g/mol. The second-order valence-corrected chi connectivity index (χ2v) is 11.2. The molecule has 0 aliphatic carbocycles. The number of alkyl halides is 1. The molecule has 6 atom stereocenters. The van der Waals surface area contributed by atoms with Crippen LogP contribution < -0.4 is 11.3 Å². The summed E-state index contributed by atoms with van der Waals surface area (Å²) in [6.45, 7) is -2.84. The number of fused-ring (bicyclic) bond motifs is 1. The number of H-pyrrole nitrogens is 1. The fraction of sp³-hybridized carbons (Fsp3) is 0.545. The highest BCUT2D eigenvalue weighted by molar-refractivity contribution is 7.66. The van der Waals surface area contributed by atoms with Crippen LogP contribution in [0.5, 0.6) is 0 Å². The predicted molar refractivity (Wildman–Crippen MR) is 103 cm³/mol. The summed E-state index contributed by atoms with van der Waals surface area (Å²) in [4.78, 5) is 57.3. The smallest absolute Gasteiger partial charge is 0.387 e. The zero-order valence-corrected chi connectivity index (χ0v) is 19.0. The van der Waals surface area contributed by atoms with Crippen molar-refractivity contribution in [1.82, 2.24) is 19.5 Å². The lowest BCUT2D eigenvalue weighted by molar-refractivity contribution is -0.118. The first kappa shape index (κ1) is 27.0. The highest BCUT2D eigenvalue weighted by Crippen LogP contribution is 2.66. The second kappa shape index (κ2) is 9.11. The number of phosphoric acid groups is 3. The molecule has 3 rings (SSSR count). The van der Waals surface area contributed by atoms with Gasteiger partial charge in [0.1, 0.15) is 18.9 Å². The molecule has 1 aliphatic rings. The molecule has 0 amide bonds. The Morgan fingerprint density at radius 2 is 1.88 bits per heavy atom. The summed E-state index contributed by atoms with van der Waals surface area (Å²) < 4.78 is 65.3. The molecule has 0 spiro atoms. The minimum atomic E-state index is -5.81. The Morgan fingerprint density at radius 1 is 1.24 bits per heavy atom. The number of anilines is 1. The standard InChI is InChI=1S/C11H17FN5O14P3/c12-2-11(20)6(18)4(1-28-33(24,25)31-34(26,27)30-32(21,22)23)29-9(11)17-3-14-5-7(17)15-10(13)16-8(5)19/h3-4,6,9,18,20H,1-2H2,(H,24,25)(H,26,27)(H2,21,22,23)(H3,13,15,16,19)/t4-,6-,9-,11+/m1/s1. The number of ether oxygens (including phenoxy) is 1. The van der Waals surface area contributed by atoms with Gasteiger partial charge in [-0.05, 0) is 0 Å². The van der Waals surface area contributed by atoms with Crippen LogP contribution in [-0.4, -0.2) is 80.4 Å². The van der Waals surface area contributed by atoms with E-state index in [-0.39, 0.29) is 17.1 Å². The largest absolute Gasteiger partial charge is 0.490 e. The molecule has 19 nitrogen and oxygen atoms in total. The van der Waals surface area contributed by atoms with Crippen LogP contribution >= 0.6 is 23.5 Å². The number of aromatic amines is 1. The zero-order chi connectivity index (χ0) is 25.7. The van der Waals surface area contributed by atoms with E-state index < -0.39 is 66.3 Å².